The summed E-state index contributed by atoms with van der Waals surface area (Å²) in [5.41, 5.74) is 0.187. The molecule has 1 aromatic carbocycles. The van der Waals surface area contributed by atoms with Crippen molar-refractivity contribution >= 4 is 27.5 Å². The third kappa shape index (κ3) is 3.30. The van der Waals surface area contributed by atoms with Crippen LogP contribution in [0.4, 0.5) is 0 Å². The van der Waals surface area contributed by atoms with Crippen LogP contribution < -0.4 is 11.2 Å². The second-order valence-corrected chi connectivity index (χ2v) is 6.23. The molecule has 4 nitrogen and oxygen atoms in total. The number of hydrogen-bond donors (Lipinski definition) is 1. The lowest BCUT2D eigenvalue weighted by atomic mass is 10.1. The average Bonchev–Trinajstić information content (AvgIpc) is 2.40. The Morgan fingerprint density at radius 1 is 1.29 bits per heavy atom. The number of H-pyrrole nitrogens is 1. The number of aromatic nitrogens is 2. The van der Waals surface area contributed by atoms with Crippen LogP contribution in [0.3, 0.4) is 0 Å². The number of nitrogens with zero attached hydrogens (tertiary/aromatic N) is 1. The Balaban J connectivity index is 2.67. The number of benzene rings is 1. The molecular weight excluding hydrogens is 356 g/mol. The topological polar surface area (TPSA) is 54.9 Å². The summed E-state index contributed by atoms with van der Waals surface area (Å²) in [5.74, 6) is 0. The normalized spacial score (nSPS) is 12.4. The Hall–Kier alpha value is -1.33. The van der Waals surface area contributed by atoms with Gasteiger partial charge in [0, 0.05) is 10.5 Å². The van der Waals surface area contributed by atoms with E-state index in [2.05, 4.69) is 20.9 Å². The lowest BCUT2D eigenvalue weighted by Crippen LogP contribution is -2.38. The van der Waals surface area contributed by atoms with Gasteiger partial charge in [-0.25, -0.2) is 4.79 Å². The first-order valence-corrected chi connectivity index (χ1v) is 7.93. The van der Waals surface area contributed by atoms with E-state index in [0.29, 0.717) is 11.1 Å². The fraction of sp³-hybridized carbons (Fsp3) is 0.333. The lowest BCUT2D eigenvalue weighted by molar-refractivity contribution is 0.466. The van der Waals surface area contributed by atoms with E-state index in [1.807, 2.05) is 26.0 Å². The summed E-state index contributed by atoms with van der Waals surface area (Å²) in [6, 6.07) is 7.07. The Morgan fingerprint density at radius 3 is 2.48 bits per heavy atom. The predicted octanol–water partition coefficient (Wildman–Crippen LogP) is 3.98. The molecule has 0 saturated heterocycles. The highest BCUT2D eigenvalue weighted by Crippen LogP contribution is 2.24. The van der Waals surface area contributed by atoms with Crippen LogP contribution in [0.2, 0.25) is 5.15 Å². The second-order valence-electron chi connectivity index (χ2n) is 4.94. The Bertz CT molecular complexity index is 750. The zero-order chi connectivity index (χ0) is 15.6. The van der Waals surface area contributed by atoms with Gasteiger partial charge < -0.3 is 0 Å². The zero-order valence-corrected chi connectivity index (χ0v) is 14.2. The molecule has 6 heteroatoms. The summed E-state index contributed by atoms with van der Waals surface area (Å²) in [6.45, 7) is 3.88. The molecule has 0 aliphatic rings. The summed E-state index contributed by atoms with van der Waals surface area (Å²) in [7, 11) is 0. The maximum atomic E-state index is 12.7. The summed E-state index contributed by atoms with van der Waals surface area (Å²) >= 11 is 9.43. The van der Waals surface area contributed by atoms with Crippen molar-refractivity contribution in [3.05, 3.63) is 54.7 Å². The lowest BCUT2D eigenvalue weighted by Gasteiger charge is -2.15. The first-order chi connectivity index (χ1) is 9.95. The van der Waals surface area contributed by atoms with Crippen LogP contribution >= 0.6 is 27.5 Å². The van der Waals surface area contributed by atoms with Crippen LogP contribution in [-0.4, -0.2) is 9.55 Å². The molecule has 0 spiro atoms. The predicted molar refractivity (Wildman–Crippen MR) is 89.1 cm³/mol. The molecule has 2 rings (SSSR count). The molecule has 1 heterocycles. The molecule has 0 aliphatic carbocycles. The third-order valence-electron chi connectivity index (χ3n) is 3.37. The summed E-state index contributed by atoms with van der Waals surface area (Å²) in [6.07, 6.45) is 1.65. The van der Waals surface area contributed by atoms with Crippen molar-refractivity contribution < 1.29 is 0 Å². The van der Waals surface area contributed by atoms with Gasteiger partial charge in [0.1, 0.15) is 5.15 Å². The highest BCUT2D eigenvalue weighted by Gasteiger charge is 2.17. The largest absolute Gasteiger partial charge is 0.329 e. The summed E-state index contributed by atoms with van der Waals surface area (Å²) in [4.78, 5) is 27.3. The number of halogens is 2. The minimum absolute atomic E-state index is 0.0762. The summed E-state index contributed by atoms with van der Waals surface area (Å²) in [5, 5.41) is 0.0762. The van der Waals surface area contributed by atoms with E-state index in [1.54, 1.807) is 12.1 Å². The van der Waals surface area contributed by atoms with Crippen LogP contribution in [-0.2, 0) is 0 Å². The average molecular weight is 372 g/mol. The first-order valence-electron chi connectivity index (χ1n) is 6.76. The van der Waals surface area contributed by atoms with Gasteiger partial charge >= 0.3 is 5.69 Å². The minimum Gasteiger partial charge on any atom is -0.297 e. The van der Waals surface area contributed by atoms with E-state index in [0.717, 1.165) is 17.3 Å². The van der Waals surface area contributed by atoms with E-state index in [4.69, 9.17) is 11.6 Å². The van der Waals surface area contributed by atoms with Gasteiger partial charge in [0.2, 0.25) is 0 Å². The number of hydrogen-bond acceptors (Lipinski definition) is 2. The van der Waals surface area contributed by atoms with E-state index in [1.165, 1.54) is 4.57 Å². The molecule has 0 aliphatic heterocycles. The molecule has 0 bridgehead atoms. The van der Waals surface area contributed by atoms with Gasteiger partial charge in [0.05, 0.1) is 5.56 Å². The van der Waals surface area contributed by atoms with Crippen LogP contribution in [0.5, 0.6) is 0 Å². The molecule has 1 aromatic heterocycles. The highest BCUT2D eigenvalue weighted by molar-refractivity contribution is 9.10. The molecule has 1 N–H and O–H groups in total. The highest BCUT2D eigenvalue weighted by atomic mass is 79.9. The molecule has 0 saturated carbocycles. The van der Waals surface area contributed by atoms with Crippen molar-refractivity contribution in [3.8, 4) is 11.1 Å². The minimum atomic E-state index is -0.466. The van der Waals surface area contributed by atoms with Crippen molar-refractivity contribution in [2.45, 2.75) is 32.7 Å². The molecule has 2 aromatic rings. The van der Waals surface area contributed by atoms with Crippen molar-refractivity contribution in [1.82, 2.24) is 9.55 Å². The molecule has 1 atom stereocenters. The molecule has 0 fully saturated rings. The molecule has 1 unspecified atom stereocenters. The maximum Gasteiger partial charge on any atom is 0.329 e. The fourth-order valence-electron chi connectivity index (χ4n) is 2.34. The van der Waals surface area contributed by atoms with Crippen LogP contribution in [0, 0.1) is 0 Å². The van der Waals surface area contributed by atoms with Gasteiger partial charge in [0.25, 0.3) is 5.56 Å². The van der Waals surface area contributed by atoms with Gasteiger partial charge in [-0.05, 0) is 31.0 Å². The quantitative estimate of drug-likeness (QED) is 0.827. The maximum absolute atomic E-state index is 12.7. The van der Waals surface area contributed by atoms with Gasteiger partial charge in [-0.15, -0.1) is 0 Å². The number of aromatic amines is 1. The van der Waals surface area contributed by atoms with Crippen LogP contribution in [0.25, 0.3) is 11.1 Å². The van der Waals surface area contributed by atoms with Gasteiger partial charge in [-0.3, -0.25) is 14.3 Å². The smallest absolute Gasteiger partial charge is 0.297 e. The number of rotatable bonds is 4. The molecular formula is C15H16BrClN2O2. The Kier molecular flexibility index (Phi) is 5.06. The molecule has 0 radical (unpaired) electrons. The van der Waals surface area contributed by atoms with E-state index < -0.39 is 5.69 Å². The first kappa shape index (κ1) is 16.0. The van der Waals surface area contributed by atoms with E-state index >= 15 is 0 Å². The number of nitrogens with one attached hydrogen (secondary N) is 1. The molecule has 0 amide bonds. The monoisotopic (exact) mass is 370 g/mol. The molecule has 112 valence electrons. The second kappa shape index (κ2) is 6.62. The third-order valence-corrected chi connectivity index (χ3v) is 4.18. The van der Waals surface area contributed by atoms with Crippen molar-refractivity contribution in [2.24, 2.45) is 0 Å². The Morgan fingerprint density at radius 2 is 1.90 bits per heavy atom. The van der Waals surface area contributed by atoms with Crippen molar-refractivity contribution in [2.75, 3.05) is 0 Å². The molecule has 21 heavy (non-hydrogen) atoms. The van der Waals surface area contributed by atoms with Crippen molar-refractivity contribution in [1.29, 1.82) is 0 Å². The van der Waals surface area contributed by atoms with Gasteiger partial charge in [0.15, 0.2) is 0 Å². The van der Waals surface area contributed by atoms with E-state index in [9.17, 15) is 9.59 Å². The zero-order valence-electron chi connectivity index (χ0n) is 11.8. The Labute approximate surface area is 135 Å². The van der Waals surface area contributed by atoms with Gasteiger partial charge in [-0.2, -0.15) is 0 Å². The SMILES string of the molecule is CCCC(C)n1c(=O)[nH]c(Cl)c(-c2ccc(Br)cc2)c1=O. The fourth-order valence-corrected chi connectivity index (χ4v) is 2.87. The van der Waals surface area contributed by atoms with Crippen molar-refractivity contribution in [3.63, 3.8) is 0 Å². The van der Waals surface area contributed by atoms with Crippen LogP contribution in [0.1, 0.15) is 32.7 Å². The standard InChI is InChI=1S/C15H16BrClN2O2/c1-3-4-9(2)19-14(20)12(13(17)18-15(19)21)10-5-7-11(16)8-6-10/h5-9H,3-4H2,1-2H3,(H,18,21). The van der Waals surface area contributed by atoms with E-state index in [-0.39, 0.29) is 16.8 Å². The van der Waals surface area contributed by atoms with Crippen LogP contribution in [0.15, 0.2) is 38.3 Å². The van der Waals surface area contributed by atoms with Gasteiger partial charge in [-0.1, -0.05) is 53.0 Å². The summed E-state index contributed by atoms with van der Waals surface area (Å²) < 4.78 is 2.15.